The molecular weight excluding hydrogens is 352 g/mol. The van der Waals surface area contributed by atoms with Crippen molar-refractivity contribution in [3.63, 3.8) is 0 Å². The number of carbonyl (C=O) groups is 2. The number of esters is 1. The van der Waals surface area contributed by atoms with E-state index in [9.17, 15) is 9.59 Å². The maximum Gasteiger partial charge on any atom is 0.306 e. The quantitative estimate of drug-likeness (QED) is 0.575. The van der Waals surface area contributed by atoms with Crippen LogP contribution in [0.2, 0.25) is 0 Å². The number of aromatic nitrogens is 1. The predicted molar refractivity (Wildman–Crippen MR) is 111 cm³/mol. The zero-order chi connectivity index (χ0) is 20.5. The van der Waals surface area contributed by atoms with Gasteiger partial charge in [-0.3, -0.25) is 9.59 Å². The van der Waals surface area contributed by atoms with Gasteiger partial charge in [-0.1, -0.05) is 44.2 Å². The van der Waals surface area contributed by atoms with Crippen LogP contribution in [-0.2, 0) is 27.4 Å². The highest BCUT2D eigenvalue weighted by atomic mass is 16.5. The van der Waals surface area contributed by atoms with E-state index in [0.29, 0.717) is 19.1 Å². The van der Waals surface area contributed by atoms with Gasteiger partial charge in [0.25, 0.3) is 0 Å². The lowest BCUT2D eigenvalue weighted by molar-refractivity contribution is -0.146. The molecule has 5 heteroatoms. The summed E-state index contributed by atoms with van der Waals surface area (Å²) in [4.78, 5) is 26.4. The number of carbonyl (C=O) groups excluding carboxylic acids is 2. The van der Waals surface area contributed by atoms with E-state index >= 15 is 0 Å². The molecule has 28 heavy (non-hydrogen) atoms. The molecule has 0 aliphatic rings. The van der Waals surface area contributed by atoms with Crippen LogP contribution < -0.4 is 0 Å². The van der Waals surface area contributed by atoms with Gasteiger partial charge in [0.15, 0.2) is 0 Å². The molecule has 0 bridgehead atoms. The van der Waals surface area contributed by atoms with Gasteiger partial charge in [0.2, 0.25) is 5.91 Å². The largest absolute Gasteiger partial charge is 0.466 e. The van der Waals surface area contributed by atoms with Crippen molar-refractivity contribution in [1.82, 2.24) is 9.47 Å². The minimum absolute atomic E-state index is 0.0123. The molecule has 5 nitrogen and oxygen atoms in total. The van der Waals surface area contributed by atoms with Gasteiger partial charge in [-0.25, -0.2) is 0 Å². The average Bonchev–Trinajstić information content (AvgIpc) is 3.11. The van der Waals surface area contributed by atoms with Gasteiger partial charge in [-0.15, -0.1) is 0 Å². The third-order valence-corrected chi connectivity index (χ3v) is 5.08. The van der Waals surface area contributed by atoms with Crippen molar-refractivity contribution in [3.8, 4) is 0 Å². The highest BCUT2D eigenvalue weighted by Gasteiger charge is 2.24. The van der Waals surface area contributed by atoms with Gasteiger partial charge in [0.05, 0.1) is 19.6 Å². The van der Waals surface area contributed by atoms with Crippen LogP contribution >= 0.6 is 0 Å². The molecular formula is C23H32N2O3. The number of nitrogens with zero attached hydrogens (tertiary/aromatic N) is 2. The summed E-state index contributed by atoms with van der Waals surface area (Å²) in [5.74, 6) is -0.00811. The fourth-order valence-electron chi connectivity index (χ4n) is 3.11. The maximum atomic E-state index is 12.9. The highest BCUT2D eigenvalue weighted by molar-refractivity contribution is 5.81. The summed E-state index contributed by atoms with van der Waals surface area (Å²) >= 11 is 0. The molecule has 1 aromatic carbocycles. The summed E-state index contributed by atoms with van der Waals surface area (Å²) in [6.07, 6.45) is 2.35. The van der Waals surface area contributed by atoms with E-state index < -0.39 is 0 Å². The average molecular weight is 385 g/mol. The van der Waals surface area contributed by atoms with Gasteiger partial charge in [-0.2, -0.15) is 0 Å². The van der Waals surface area contributed by atoms with Crippen molar-refractivity contribution in [2.45, 2.75) is 59.7 Å². The van der Waals surface area contributed by atoms with Crippen LogP contribution in [0.4, 0.5) is 0 Å². The van der Waals surface area contributed by atoms with Gasteiger partial charge >= 0.3 is 5.97 Å². The molecule has 0 saturated carbocycles. The van der Waals surface area contributed by atoms with E-state index in [1.165, 1.54) is 5.56 Å². The number of hydrogen-bond acceptors (Lipinski definition) is 3. The molecule has 1 amide bonds. The fourth-order valence-corrected chi connectivity index (χ4v) is 3.11. The van der Waals surface area contributed by atoms with Crippen molar-refractivity contribution >= 4 is 11.9 Å². The Bertz CT molecular complexity index is 752. The molecule has 0 N–H and O–H groups in total. The molecule has 2 rings (SSSR count). The molecule has 2 aromatic rings. The molecule has 0 aliphatic carbocycles. The lowest BCUT2D eigenvalue weighted by atomic mass is 10.0. The fraction of sp³-hybridized carbons (Fsp3) is 0.478. The van der Waals surface area contributed by atoms with Gasteiger partial charge < -0.3 is 14.2 Å². The molecule has 152 valence electrons. The Labute approximate surface area is 168 Å². The second-order valence-corrected chi connectivity index (χ2v) is 7.42. The third-order valence-electron chi connectivity index (χ3n) is 5.08. The Morgan fingerprint density at radius 1 is 1.04 bits per heavy atom. The van der Waals surface area contributed by atoms with E-state index in [1.54, 1.807) is 6.92 Å². The zero-order valence-electron chi connectivity index (χ0n) is 17.4. The standard InChI is InChI=1S/C23H32N2O3/c1-5-28-23(27)14-13-22(26)25(19(4)18(2)3)17-21-12-9-15-24(21)16-20-10-7-6-8-11-20/h6-12,15,18-19H,5,13-14,16-17H2,1-4H3. The smallest absolute Gasteiger partial charge is 0.306 e. The Morgan fingerprint density at radius 3 is 2.39 bits per heavy atom. The van der Waals surface area contributed by atoms with Crippen LogP contribution in [0.15, 0.2) is 48.7 Å². The number of benzene rings is 1. The van der Waals surface area contributed by atoms with Crippen LogP contribution in [0, 0.1) is 5.92 Å². The first kappa shape index (κ1) is 21.7. The first-order valence-corrected chi connectivity index (χ1v) is 10.0. The maximum absolute atomic E-state index is 12.9. The Kier molecular flexibility index (Phi) is 8.30. The Hall–Kier alpha value is -2.56. The second-order valence-electron chi connectivity index (χ2n) is 7.42. The number of ether oxygens (including phenoxy) is 1. The summed E-state index contributed by atoms with van der Waals surface area (Å²) in [5.41, 5.74) is 2.30. The number of hydrogen-bond donors (Lipinski definition) is 0. The van der Waals surface area contributed by atoms with Crippen molar-refractivity contribution in [2.24, 2.45) is 5.92 Å². The molecule has 0 spiro atoms. The van der Waals surface area contributed by atoms with Gasteiger partial charge in [-0.05, 0) is 37.5 Å². The summed E-state index contributed by atoms with van der Waals surface area (Å²) in [7, 11) is 0. The first-order valence-electron chi connectivity index (χ1n) is 10.0. The molecule has 0 radical (unpaired) electrons. The SMILES string of the molecule is CCOC(=O)CCC(=O)N(Cc1cccn1Cc1ccccc1)C(C)C(C)C. The minimum atomic E-state index is -0.319. The van der Waals surface area contributed by atoms with Crippen molar-refractivity contribution in [1.29, 1.82) is 0 Å². The lowest BCUT2D eigenvalue weighted by Crippen LogP contribution is -2.41. The third kappa shape index (κ3) is 6.25. The normalized spacial score (nSPS) is 12.0. The van der Waals surface area contributed by atoms with Crippen molar-refractivity contribution < 1.29 is 14.3 Å². The number of amides is 1. The van der Waals surface area contributed by atoms with Crippen molar-refractivity contribution in [3.05, 3.63) is 59.9 Å². The highest BCUT2D eigenvalue weighted by Crippen LogP contribution is 2.18. The van der Waals surface area contributed by atoms with Gasteiger partial charge in [0.1, 0.15) is 0 Å². The Morgan fingerprint density at radius 2 is 1.75 bits per heavy atom. The topological polar surface area (TPSA) is 51.5 Å². The van der Waals surface area contributed by atoms with Crippen molar-refractivity contribution in [2.75, 3.05) is 6.61 Å². The summed E-state index contributed by atoms with van der Waals surface area (Å²) in [6, 6.07) is 14.4. The molecule has 1 heterocycles. The molecule has 0 saturated heterocycles. The van der Waals surface area contributed by atoms with E-state index in [0.717, 1.165) is 12.2 Å². The zero-order valence-corrected chi connectivity index (χ0v) is 17.4. The predicted octanol–water partition coefficient (Wildman–Crippen LogP) is 4.25. The van der Waals surface area contributed by atoms with Crippen LogP contribution in [0.3, 0.4) is 0 Å². The van der Waals surface area contributed by atoms with Crippen LogP contribution in [0.5, 0.6) is 0 Å². The lowest BCUT2D eigenvalue weighted by Gasteiger charge is -2.32. The first-order chi connectivity index (χ1) is 13.4. The molecule has 0 aliphatic heterocycles. The van der Waals surface area contributed by atoms with E-state index in [1.807, 2.05) is 35.4 Å². The molecule has 1 aromatic heterocycles. The van der Waals surface area contributed by atoms with Crippen LogP contribution in [0.1, 0.15) is 51.8 Å². The minimum Gasteiger partial charge on any atom is -0.466 e. The summed E-state index contributed by atoms with van der Waals surface area (Å²) < 4.78 is 7.13. The Balaban J connectivity index is 2.11. The van der Waals surface area contributed by atoms with Crippen LogP contribution in [0.25, 0.3) is 0 Å². The summed E-state index contributed by atoms with van der Waals surface area (Å²) in [6.45, 7) is 9.70. The molecule has 1 unspecified atom stereocenters. The molecule has 1 atom stereocenters. The van der Waals surface area contributed by atoms with E-state index in [4.69, 9.17) is 4.74 Å². The van der Waals surface area contributed by atoms with E-state index in [-0.39, 0.29) is 30.8 Å². The monoisotopic (exact) mass is 384 g/mol. The molecule has 0 fully saturated rings. The van der Waals surface area contributed by atoms with Gasteiger partial charge in [0, 0.05) is 30.9 Å². The summed E-state index contributed by atoms with van der Waals surface area (Å²) in [5, 5.41) is 0. The number of rotatable bonds is 10. The van der Waals surface area contributed by atoms with E-state index in [2.05, 4.69) is 43.5 Å². The second kappa shape index (κ2) is 10.7. The van der Waals surface area contributed by atoms with Crippen LogP contribution in [-0.4, -0.2) is 34.0 Å².